The fourth-order valence-electron chi connectivity index (χ4n) is 2.50. The Morgan fingerprint density at radius 3 is 2.29 bits per heavy atom. The number of benzene rings is 2. The van der Waals surface area contributed by atoms with Gasteiger partial charge in [-0.1, -0.05) is 48.9 Å². The van der Waals surface area contributed by atoms with E-state index in [9.17, 15) is 4.39 Å². The van der Waals surface area contributed by atoms with Crippen LogP contribution in [-0.2, 0) is 6.42 Å². The predicted octanol–water partition coefficient (Wildman–Crippen LogP) is 4.46. The molecule has 0 aliphatic carbocycles. The van der Waals surface area contributed by atoms with Crippen LogP contribution in [0.1, 0.15) is 36.0 Å². The SMILES string of the molecule is CCCNCC(Cc1ccc(C)cc1)c1ccc(F)cc1. The van der Waals surface area contributed by atoms with Crippen molar-refractivity contribution in [2.75, 3.05) is 13.1 Å². The summed E-state index contributed by atoms with van der Waals surface area (Å²) in [7, 11) is 0. The summed E-state index contributed by atoms with van der Waals surface area (Å²) in [4.78, 5) is 0. The van der Waals surface area contributed by atoms with Gasteiger partial charge in [-0.25, -0.2) is 4.39 Å². The van der Waals surface area contributed by atoms with Crippen LogP contribution in [0.4, 0.5) is 4.39 Å². The van der Waals surface area contributed by atoms with Crippen molar-refractivity contribution in [3.8, 4) is 0 Å². The fourth-order valence-corrected chi connectivity index (χ4v) is 2.50. The molecular formula is C19H24FN. The zero-order chi connectivity index (χ0) is 15.1. The van der Waals surface area contributed by atoms with Crippen LogP contribution < -0.4 is 5.32 Å². The minimum Gasteiger partial charge on any atom is -0.316 e. The van der Waals surface area contributed by atoms with Crippen LogP contribution >= 0.6 is 0 Å². The van der Waals surface area contributed by atoms with E-state index in [1.54, 1.807) is 12.1 Å². The highest BCUT2D eigenvalue weighted by Gasteiger charge is 2.12. The maximum Gasteiger partial charge on any atom is 0.123 e. The van der Waals surface area contributed by atoms with Gasteiger partial charge in [-0.3, -0.25) is 0 Å². The molecule has 0 radical (unpaired) electrons. The summed E-state index contributed by atoms with van der Waals surface area (Å²) in [5.74, 6) is 0.203. The molecule has 0 fully saturated rings. The summed E-state index contributed by atoms with van der Waals surface area (Å²) in [6.45, 7) is 6.21. The highest BCUT2D eigenvalue weighted by Crippen LogP contribution is 2.21. The van der Waals surface area contributed by atoms with Gasteiger partial charge >= 0.3 is 0 Å². The van der Waals surface area contributed by atoms with Crippen LogP contribution in [0.5, 0.6) is 0 Å². The van der Waals surface area contributed by atoms with Gasteiger partial charge in [0.1, 0.15) is 5.82 Å². The smallest absolute Gasteiger partial charge is 0.123 e. The number of halogens is 1. The molecule has 0 aromatic heterocycles. The molecule has 0 aliphatic heterocycles. The van der Waals surface area contributed by atoms with Crippen molar-refractivity contribution in [1.29, 1.82) is 0 Å². The molecule has 0 aliphatic rings. The quantitative estimate of drug-likeness (QED) is 0.741. The van der Waals surface area contributed by atoms with Gasteiger partial charge in [0.15, 0.2) is 0 Å². The summed E-state index contributed by atoms with van der Waals surface area (Å²) >= 11 is 0. The maximum atomic E-state index is 13.1. The van der Waals surface area contributed by atoms with Crippen molar-refractivity contribution >= 4 is 0 Å². The van der Waals surface area contributed by atoms with Crippen molar-refractivity contribution in [3.05, 3.63) is 71.0 Å². The highest BCUT2D eigenvalue weighted by atomic mass is 19.1. The molecule has 0 saturated heterocycles. The molecule has 112 valence electrons. The summed E-state index contributed by atoms with van der Waals surface area (Å²) < 4.78 is 13.1. The van der Waals surface area contributed by atoms with Gasteiger partial charge in [-0.15, -0.1) is 0 Å². The molecule has 2 rings (SSSR count). The van der Waals surface area contributed by atoms with E-state index in [-0.39, 0.29) is 5.82 Å². The van der Waals surface area contributed by atoms with E-state index in [1.165, 1.54) is 16.7 Å². The Balaban J connectivity index is 2.11. The molecule has 2 heteroatoms. The van der Waals surface area contributed by atoms with Crippen LogP contribution in [-0.4, -0.2) is 13.1 Å². The minimum absolute atomic E-state index is 0.172. The molecule has 0 saturated carbocycles. The zero-order valence-electron chi connectivity index (χ0n) is 12.9. The maximum absolute atomic E-state index is 13.1. The lowest BCUT2D eigenvalue weighted by molar-refractivity contribution is 0.573. The van der Waals surface area contributed by atoms with Gasteiger partial charge in [0.25, 0.3) is 0 Å². The highest BCUT2D eigenvalue weighted by molar-refractivity contribution is 5.27. The summed E-state index contributed by atoms with van der Waals surface area (Å²) in [5.41, 5.74) is 3.80. The van der Waals surface area contributed by atoms with Crippen LogP contribution in [0.25, 0.3) is 0 Å². The summed E-state index contributed by atoms with van der Waals surface area (Å²) in [6.07, 6.45) is 2.10. The van der Waals surface area contributed by atoms with E-state index in [0.717, 1.165) is 25.9 Å². The second-order valence-electron chi connectivity index (χ2n) is 5.64. The molecule has 1 N–H and O–H groups in total. The summed E-state index contributed by atoms with van der Waals surface area (Å²) in [6, 6.07) is 15.6. The molecule has 1 unspecified atom stereocenters. The van der Waals surface area contributed by atoms with E-state index in [2.05, 4.69) is 43.4 Å². The van der Waals surface area contributed by atoms with Crippen molar-refractivity contribution in [2.45, 2.75) is 32.6 Å². The van der Waals surface area contributed by atoms with E-state index in [0.29, 0.717) is 5.92 Å². The summed E-state index contributed by atoms with van der Waals surface area (Å²) in [5, 5.41) is 3.49. The van der Waals surface area contributed by atoms with E-state index < -0.39 is 0 Å². The zero-order valence-corrected chi connectivity index (χ0v) is 12.9. The normalized spacial score (nSPS) is 12.3. The molecule has 2 aromatic rings. The van der Waals surface area contributed by atoms with Gasteiger partial charge in [0.05, 0.1) is 0 Å². The largest absolute Gasteiger partial charge is 0.316 e. The molecule has 21 heavy (non-hydrogen) atoms. The molecule has 0 bridgehead atoms. The number of hydrogen-bond donors (Lipinski definition) is 1. The monoisotopic (exact) mass is 285 g/mol. The first-order chi connectivity index (χ1) is 10.2. The molecule has 1 atom stereocenters. The third kappa shape index (κ3) is 4.98. The van der Waals surface area contributed by atoms with Gasteiger partial charge < -0.3 is 5.32 Å². The van der Waals surface area contributed by atoms with Crippen LogP contribution in [0.3, 0.4) is 0 Å². The second kappa shape index (κ2) is 7.94. The van der Waals surface area contributed by atoms with Gasteiger partial charge in [-0.05, 0) is 49.6 Å². The number of nitrogens with one attached hydrogen (secondary N) is 1. The molecule has 0 heterocycles. The van der Waals surface area contributed by atoms with Gasteiger partial charge in [0, 0.05) is 12.5 Å². The Kier molecular flexibility index (Phi) is 5.94. The van der Waals surface area contributed by atoms with Crippen LogP contribution in [0.2, 0.25) is 0 Å². The Bertz CT molecular complexity index is 530. The molecule has 1 nitrogen and oxygen atoms in total. The average Bonchev–Trinajstić information content (AvgIpc) is 2.49. The van der Waals surface area contributed by atoms with Crippen LogP contribution in [0, 0.1) is 12.7 Å². The first kappa shape index (κ1) is 15.7. The standard InChI is InChI=1S/C19H24FN/c1-3-12-21-14-18(17-8-10-19(20)11-9-17)13-16-6-4-15(2)5-7-16/h4-11,18,21H,3,12-14H2,1-2H3. The number of hydrogen-bond acceptors (Lipinski definition) is 1. The topological polar surface area (TPSA) is 12.0 Å². The second-order valence-corrected chi connectivity index (χ2v) is 5.64. The third-order valence-corrected chi connectivity index (χ3v) is 3.76. The predicted molar refractivity (Wildman–Crippen MR) is 87.2 cm³/mol. The number of aryl methyl sites for hydroxylation is 1. The lowest BCUT2D eigenvalue weighted by atomic mass is 9.91. The Hall–Kier alpha value is -1.67. The van der Waals surface area contributed by atoms with Crippen molar-refractivity contribution in [2.24, 2.45) is 0 Å². The minimum atomic E-state index is -0.172. The van der Waals surface area contributed by atoms with Crippen molar-refractivity contribution in [3.63, 3.8) is 0 Å². The van der Waals surface area contributed by atoms with Crippen molar-refractivity contribution < 1.29 is 4.39 Å². The molecule has 0 spiro atoms. The lowest BCUT2D eigenvalue weighted by Gasteiger charge is -2.18. The average molecular weight is 285 g/mol. The molecule has 2 aromatic carbocycles. The molecular weight excluding hydrogens is 261 g/mol. The van der Waals surface area contributed by atoms with Gasteiger partial charge in [0.2, 0.25) is 0 Å². The van der Waals surface area contributed by atoms with Crippen molar-refractivity contribution in [1.82, 2.24) is 5.32 Å². The van der Waals surface area contributed by atoms with Gasteiger partial charge in [-0.2, -0.15) is 0 Å². The Morgan fingerprint density at radius 1 is 1.00 bits per heavy atom. The molecule has 0 amide bonds. The fraction of sp³-hybridized carbons (Fsp3) is 0.368. The van der Waals surface area contributed by atoms with E-state index in [4.69, 9.17) is 0 Å². The van der Waals surface area contributed by atoms with Crippen LogP contribution in [0.15, 0.2) is 48.5 Å². The first-order valence-electron chi connectivity index (χ1n) is 7.70. The Morgan fingerprint density at radius 2 is 1.67 bits per heavy atom. The third-order valence-electron chi connectivity index (χ3n) is 3.76. The number of rotatable bonds is 7. The van der Waals surface area contributed by atoms with E-state index in [1.807, 2.05) is 12.1 Å². The Labute approximate surface area is 127 Å². The lowest BCUT2D eigenvalue weighted by Crippen LogP contribution is -2.23. The van der Waals surface area contributed by atoms with E-state index >= 15 is 0 Å². The first-order valence-corrected chi connectivity index (χ1v) is 7.70.